The Balaban J connectivity index is 1.75. The van der Waals surface area contributed by atoms with Gasteiger partial charge in [-0.2, -0.15) is 11.8 Å². The number of nitrogens with one attached hydrogen (secondary N) is 1. The van der Waals surface area contributed by atoms with E-state index < -0.39 is 0 Å². The largest absolute Gasteiger partial charge is 0.397 e. The number of anilines is 2. The maximum atomic E-state index is 11.7. The zero-order valence-electron chi connectivity index (χ0n) is 9.82. The van der Waals surface area contributed by atoms with Crippen molar-refractivity contribution in [3.05, 3.63) is 23.2 Å². The number of nitrogens with two attached hydrogens (primary N) is 1. The van der Waals surface area contributed by atoms with Crippen molar-refractivity contribution in [3.8, 4) is 0 Å². The van der Waals surface area contributed by atoms with Crippen LogP contribution >= 0.6 is 23.4 Å². The van der Waals surface area contributed by atoms with Gasteiger partial charge in [-0.25, -0.2) is 0 Å². The lowest BCUT2D eigenvalue weighted by atomic mass is 10.2. The molecule has 0 atom stereocenters. The highest BCUT2D eigenvalue weighted by molar-refractivity contribution is 8.00. The highest BCUT2D eigenvalue weighted by Gasteiger charge is 2.18. The van der Waals surface area contributed by atoms with Crippen molar-refractivity contribution < 1.29 is 9.53 Å². The van der Waals surface area contributed by atoms with E-state index in [0.717, 1.165) is 19.0 Å². The van der Waals surface area contributed by atoms with E-state index in [0.29, 0.717) is 28.1 Å². The van der Waals surface area contributed by atoms with Gasteiger partial charge in [0.2, 0.25) is 5.91 Å². The summed E-state index contributed by atoms with van der Waals surface area (Å²) in [6.07, 6.45) is 0.475. The van der Waals surface area contributed by atoms with Gasteiger partial charge in [0.15, 0.2) is 0 Å². The standard InChI is InChI=1S/C12H15ClN2O2S/c13-8-1-2-11(10(14)5-8)15-12(16)3-4-18-9-6-17-7-9/h1-2,5,9H,3-4,6-7,14H2,(H,15,16). The van der Waals surface area contributed by atoms with Crippen LogP contribution in [-0.4, -0.2) is 30.1 Å². The highest BCUT2D eigenvalue weighted by Crippen LogP contribution is 2.23. The normalized spacial score (nSPS) is 15.2. The van der Waals surface area contributed by atoms with Gasteiger partial charge in [0.25, 0.3) is 0 Å². The van der Waals surface area contributed by atoms with Crippen LogP contribution in [0.15, 0.2) is 18.2 Å². The number of hydrogen-bond acceptors (Lipinski definition) is 4. The quantitative estimate of drug-likeness (QED) is 0.816. The van der Waals surface area contributed by atoms with E-state index in [2.05, 4.69) is 5.32 Å². The van der Waals surface area contributed by atoms with Gasteiger partial charge in [0.1, 0.15) is 0 Å². The van der Waals surface area contributed by atoms with Crippen LogP contribution in [0.3, 0.4) is 0 Å². The molecule has 0 aliphatic carbocycles. The molecule has 4 nitrogen and oxygen atoms in total. The van der Waals surface area contributed by atoms with Gasteiger partial charge in [0.05, 0.1) is 29.8 Å². The van der Waals surface area contributed by atoms with E-state index in [9.17, 15) is 4.79 Å². The fourth-order valence-corrected chi connectivity index (χ4v) is 2.69. The van der Waals surface area contributed by atoms with Crippen LogP contribution < -0.4 is 11.1 Å². The molecule has 1 aromatic rings. The monoisotopic (exact) mass is 286 g/mol. The number of hydrogen-bond donors (Lipinski definition) is 2. The summed E-state index contributed by atoms with van der Waals surface area (Å²) in [7, 11) is 0. The molecule has 1 fully saturated rings. The molecule has 0 unspecified atom stereocenters. The Morgan fingerprint density at radius 3 is 2.94 bits per heavy atom. The topological polar surface area (TPSA) is 64.3 Å². The van der Waals surface area contributed by atoms with Gasteiger partial charge in [-0.1, -0.05) is 11.6 Å². The van der Waals surface area contributed by atoms with Crippen LogP contribution in [0.4, 0.5) is 11.4 Å². The Morgan fingerprint density at radius 2 is 2.33 bits per heavy atom. The number of nitrogen functional groups attached to an aromatic ring is 1. The summed E-state index contributed by atoms with van der Waals surface area (Å²) in [5.41, 5.74) is 6.85. The average molecular weight is 287 g/mol. The van der Waals surface area contributed by atoms with Crippen molar-refractivity contribution in [2.45, 2.75) is 11.7 Å². The Hall–Kier alpha value is -0.910. The van der Waals surface area contributed by atoms with Crippen LogP contribution in [0.5, 0.6) is 0 Å². The third kappa shape index (κ3) is 3.80. The Labute approximate surface area is 115 Å². The zero-order chi connectivity index (χ0) is 13.0. The third-order valence-electron chi connectivity index (χ3n) is 2.58. The van der Waals surface area contributed by atoms with Crippen LogP contribution in [-0.2, 0) is 9.53 Å². The predicted molar refractivity (Wildman–Crippen MR) is 76.2 cm³/mol. The molecule has 1 aliphatic heterocycles. The van der Waals surface area contributed by atoms with E-state index in [1.54, 1.807) is 30.0 Å². The van der Waals surface area contributed by atoms with Gasteiger partial charge < -0.3 is 15.8 Å². The van der Waals surface area contributed by atoms with Crippen LogP contribution in [0, 0.1) is 0 Å². The van der Waals surface area contributed by atoms with Crippen molar-refractivity contribution in [2.75, 3.05) is 30.0 Å². The van der Waals surface area contributed by atoms with Crippen LogP contribution in [0.25, 0.3) is 0 Å². The molecule has 1 aliphatic rings. The minimum Gasteiger partial charge on any atom is -0.397 e. The molecular weight excluding hydrogens is 272 g/mol. The number of carbonyl (C=O) groups is 1. The molecule has 0 radical (unpaired) electrons. The zero-order valence-corrected chi connectivity index (χ0v) is 11.4. The second-order valence-electron chi connectivity index (χ2n) is 4.06. The molecule has 1 amide bonds. The van der Waals surface area contributed by atoms with Crippen LogP contribution in [0.1, 0.15) is 6.42 Å². The first-order valence-electron chi connectivity index (χ1n) is 5.69. The fraction of sp³-hybridized carbons (Fsp3) is 0.417. The number of ether oxygens (including phenoxy) is 1. The minimum absolute atomic E-state index is 0.0308. The summed E-state index contributed by atoms with van der Waals surface area (Å²) >= 11 is 7.56. The molecule has 6 heteroatoms. The van der Waals surface area contributed by atoms with E-state index in [4.69, 9.17) is 22.1 Å². The fourth-order valence-electron chi connectivity index (χ4n) is 1.49. The Bertz CT molecular complexity index is 438. The average Bonchev–Trinajstić information content (AvgIpc) is 2.26. The molecule has 1 saturated heterocycles. The summed E-state index contributed by atoms with van der Waals surface area (Å²) in [4.78, 5) is 11.7. The minimum atomic E-state index is -0.0308. The predicted octanol–water partition coefficient (Wildman–Crippen LogP) is 2.38. The van der Waals surface area contributed by atoms with Crippen molar-refractivity contribution in [3.63, 3.8) is 0 Å². The van der Waals surface area contributed by atoms with E-state index in [1.807, 2.05) is 0 Å². The molecule has 0 aromatic heterocycles. The summed E-state index contributed by atoms with van der Waals surface area (Å²) in [6.45, 7) is 1.60. The molecule has 0 spiro atoms. The van der Waals surface area contributed by atoms with Gasteiger partial charge in [0, 0.05) is 17.2 Å². The first-order valence-corrected chi connectivity index (χ1v) is 7.12. The molecule has 3 N–H and O–H groups in total. The first kappa shape index (κ1) is 13.5. The van der Waals surface area contributed by atoms with Crippen molar-refractivity contribution in [2.24, 2.45) is 0 Å². The number of benzene rings is 1. The molecule has 2 rings (SSSR count). The lowest BCUT2D eigenvalue weighted by Crippen LogP contribution is -2.30. The van der Waals surface area contributed by atoms with Crippen molar-refractivity contribution in [1.29, 1.82) is 0 Å². The first-order chi connectivity index (χ1) is 8.65. The van der Waals surface area contributed by atoms with Gasteiger partial charge in [-0.15, -0.1) is 0 Å². The maximum Gasteiger partial charge on any atom is 0.225 e. The van der Waals surface area contributed by atoms with Gasteiger partial charge >= 0.3 is 0 Å². The van der Waals surface area contributed by atoms with Crippen molar-refractivity contribution >= 4 is 40.6 Å². The lowest BCUT2D eigenvalue weighted by molar-refractivity contribution is -0.115. The molecule has 0 saturated carbocycles. The van der Waals surface area contributed by atoms with E-state index in [-0.39, 0.29) is 5.91 Å². The number of rotatable bonds is 5. The molecule has 98 valence electrons. The summed E-state index contributed by atoms with van der Waals surface area (Å²) in [5, 5.41) is 3.90. The molecule has 0 bridgehead atoms. The second kappa shape index (κ2) is 6.31. The SMILES string of the molecule is Nc1cc(Cl)ccc1NC(=O)CCSC1COC1. The number of carbonyl (C=O) groups excluding carboxylic acids is 1. The number of halogens is 1. The van der Waals surface area contributed by atoms with E-state index >= 15 is 0 Å². The molecule has 1 aromatic carbocycles. The summed E-state index contributed by atoms with van der Waals surface area (Å²) < 4.78 is 5.06. The molecular formula is C12H15ClN2O2S. The van der Waals surface area contributed by atoms with Gasteiger partial charge in [-0.05, 0) is 18.2 Å². The maximum absolute atomic E-state index is 11.7. The number of amides is 1. The van der Waals surface area contributed by atoms with E-state index in [1.165, 1.54) is 0 Å². The van der Waals surface area contributed by atoms with Crippen molar-refractivity contribution in [1.82, 2.24) is 0 Å². The summed E-state index contributed by atoms with van der Waals surface area (Å²) in [6, 6.07) is 5.04. The van der Waals surface area contributed by atoms with Crippen LogP contribution in [0.2, 0.25) is 5.02 Å². The highest BCUT2D eigenvalue weighted by atomic mass is 35.5. The third-order valence-corrected chi connectivity index (χ3v) is 4.00. The molecule has 1 heterocycles. The summed E-state index contributed by atoms with van der Waals surface area (Å²) in [5.74, 6) is 0.768. The lowest BCUT2D eigenvalue weighted by Gasteiger charge is -2.24. The second-order valence-corrected chi connectivity index (χ2v) is 5.90. The Kier molecular flexibility index (Phi) is 4.74. The smallest absolute Gasteiger partial charge is 0.225 e. The van der Waals surface area contributed by atoms with Gasteiger partial charge in [-0.3, -0.25) is 4.79 Å². The number of thioether (sulfide) groups is 1. The Morgan fingerprint density at radius 1 is 1.56 bits per heavy atom. The molecule has 18 heavy (non-hydrogen) atoms.